The van der Waals surface area contributed by atoms with Crippen molar-refractivity contribution < 1.29 is 10.0 Å². The number of amides is 1. The highest BCUT2D eigenvalue weighted by molar-refractivity contribution is 6.31. The van der Waals surface area contributed by atoms with E-state index in [9.17, 15) is 4.79 Å². The SMILES string of the molecule is Cc1ccc(Cl)cc1C(=O)N1CCC(=NO)CC1. The summed E-state index contributed by atoms with van der Waals surface area (Å²) in [5.41, 5.74) is 2.32. The normalized spacial score (nSPS) is 15.7. The molecule has 1 fully saturated rings. The summed E-state index contributed by atoms with van der Waals surface area (Å²) < 4.78 is 0. The van der Waals surface area contributed by atoms with Crippen molar-refractivity contribution in [2.75, 3.05) is 13.1 Å². The van der Waals surface area contributed by atoms with Gasteiger partial charge in [-0.1, -0.05) is 22.8 Å². The van der Waals surface area contributed by atoms with Crippen molar-refractivity contribution in [1.29, 1.82) is 0 Å². The Morgan fingerprint density at radius 3 is 2.67 bits per heavy atom. The minimum Gasteiger partial charge on any atom is -0.411 e. The largest absolute Gasteiger partial charge is 0.411 e. The Kier molecular flexibility index (Phi) is 3.87. The van der Waals surface area contributed by atoms with Crippen LogP contribution in [0.25, 0.3) is 0 Å². The molecule has 4 nitrogen and oxygen atoms in total. The van der Waals surface area contributed by atoms with Crippen LogP contribution in [-0.4, -0.2) is 34.8 Å². The molecule has 1 saturated heterocycles. The van der Waals surface area contributed by atoms with Gasteiger partial charge < -0.3 is 10.1 Å². The molecule has 1 aromatic rings. The van der Waals surface area contributed by atoms with Crippen molar-refractivity contribution in [1.82, 2.24) is 4.90 Å². The van der Waals surface area contributed by atoms with Gasteiger partial charge in [0.05, 0.1) is 5.71 Å². The maximum absolute atomic E-state index is 12.3. The zero-order valence-corrected chi connectivity index (χ0v) is 10.9. The Bertz CT molecular complexity index is 490. The highest BCUT2D eigenvalue weighted by Gasteiger charge is 2.22. The molecule has 1 amide bonds. The molecule has 0 spiro atoms. The maximum atomic E-state index is 12.3. The summed E-state index contributed by atoms with van der Waals surface area (Å²) in [6, 6.07) is 5.33. The Balaban J connectivity index is 2.15. The number of aryl methyl sites for hydroxylation is 1. The fourth-order valence-electron chi connectivity index (χ4n) is 2.06. The van der Waals surface area contributed by atoms with E-state index in [-0.39, 0.29) is 5.91 Å². The van der Waals surface area contributed by atoms with Crippen molar-refractivity contribution in [3.63, 3.8) is 0 Å². The topological polar surface area (TPSA) is 52.9 Å². The number of nitrogens with zero attached hydrogens (tertiary/aromatic N) is 2. The number of rotatable bonds is 1. The summed E-state index contributed by atoms with van der Waals surface area (Å²) in [7, 11) is 0. The van der Waals surface area contributed by atoms with Gasteiger partial charge in [0.2, 0.25) is 0 Å². The van der Waals surface area contributed by atoms with Gasteiger partial charge in [-0.15, -0.1) is 0 Å². The van der Waals surface area contributed by atoms with Crippen LogP contribution >= 0.6 is 11.6 Å². The molecule has 1 N–H and O–H groups in total. The molecule has 0 atom stereocenters. The molecule has 1 aliphatic heterocycles. The molecule has 1 aliphatic rings. The average Bonchev–Trinajstić information content (AvgIpc) is 2.41. The monoisotopic (exact) mass is 266 g/mol. The Morgan fingerprint density at radius 1 is 1.39 bits per heavy atom. The van der Waals surface area contributed by atoms with Crippen LogP contribution in [-0.2, 0) is 0 Å². The third-order valence-corrected chi connectivity index (χ3v) is 3.43. The lowest BCUT2D eigenvalue weighted by Gasteiger charge is -2.27. The summed E-state index contributed by atoms with van der Waals surface area (Å²) >= 11 is 5.92. The number of hydrogen-bond acceptors (Lipinski definition) is 3. The van der Waals surface area contributed by atoms with E-state index in [1.54, 1.807) is 17.0 Å². The Morgan fingerprint density at radius 2 is 2.06 bits per heavy atom. The number of hydrogen-bond donors (Lipinski definition) is 1. The number of oxime groups is 1. The summed E-state index contributed by atoms with van der Waals surface area (Å²) in [6.07, 6.45) is 1.25. The second-order valence-corrected chi connectivity index (χ2v) is 4.85. The van der Waals surface area contributed by atoms with Gasteiger partial charge in [-0.3, -0.25) is 4.79 Å². The Hall–Kier alpha value is -1.55. The first-order valence-corrected chi connectivity index (χ1v) is 6.25. The minimum absolute atomic E-state index is 0.00742. The first-order valence-electron chi connectivity index (χ1n) is 5.87. The van der Waals surface area contributed by atoms with Crippen LogP contribution in [0.1, 0.15) is 28.8 Å². The van der Waals surface area contributed by atoms with Crippen molar-refractivity contribution in [3.05, 3.63) is 34.3 Å². The number of piperidine rings is 1. The van der Waals surface area contributed by atoms with Crippen LogP contribution in [0.5, 0.6) is 0 Å². The van der Waals surface area contributed by atoms with E-state index in [1.165, 1.54) is 0 Å². The van der Waals surface area contributed by atoms with Crippen LogP contribution in [0.2, 0.25) is 5.02 Å². The first-order chi connectivity index (χ1) is 8.61. The molecule has 0 bridgehead atoms. The van der Waals surface area contributed by atoms with Gasteiger partial charge in [-0.25, -0.2) is 0 Å². The predicted molar refractivity (Wildman–Crippen MR) is 70.5 cm³/mol. The van der Waals surface area contributed by atoms with Gasteiger partial charge in [0.15, 0.2) is 0 Å². The van der Waals surface area contributed by atoms with Gasteiger partial charge in [0, 0.05) is 36.5 Å². The molecule has 0 unspecified atom stereocenters. The molecule has 5 heteroatoms. The van der Waals surface area contributed by atoms with Gasteiger partial charge in [0.25, 0.3) is 5.91 Å². The van der Waals surface area contributed by atoms with E-state index in [1.807, 2.05) is 13.0 Å². The van der Waals surface area contributed by atoms with Crippen LogP contribution in [0.15, 0.2) is 23.4 Å². The number of carbonyl (C=O) groups excluding carboxylic acids is 1. The van der Waals surface area contributed by atoms with Gasteiger partial charge in [-0.05, 0) is 24.6 Å². The van der Waals surface area contributed by atoms with Crippen LogP contribution in [0, 0.1) is 6.92 Å². The summed E-state index contributed by atoms with van der Waals surface area (Å²) in [5.74, 6) is -0.00742. The van der Waals surface area contributed by atoms with Crippen molar-refractivity contribution in [2.45, 2.75) is 19.8 Å². The smallest absolute Gasteiger partial charge is 0.254 e. The number of halogens is 1. The van der Waals surface area contributed by atoms with Gasteiger partial charge in [-0.2, -0.15) is 0 Å². The highest BCUT2D eigenvalue weighted by atomic mass is 35.5. The molecule has 0 radical (unpaired) electrons. The Labute approximate surface area is 111 Å². The minimum atomic E-state index is -0.00742. The molecule has 96 valence electrons. The van der Waals surface area contributed by atoms with E-state index in [4.69, 9.17) is 16.8 Å². The fourth-order valence-corrected chi connectivity index (χ4v) is 2.24. The quantitative estimate of drug-likeness (QED) is 0.628. The fraction of sp³-hybridized carbons (Fsp3) is 0.385. The molecular weight excluding hydrogens is 252 g/mol. The molecule has 18 heavy (non-hydrogen) atoms. The average molecular weight is 267 g/mol. The van der Waals surface area contributed by atoms with E-state index < -0.39 is 0 Å². The summed E-state index contributed by atoms with van der Waals surface area (Å²) in [5, 5.41) is 12.5. The van der Waals surface area contributed by atoms with Crippen molar-refractivity contribution in [2.24, 2.45) is 5.16 Å². The second kappa shape index (κ2) is 5.40. The standard InChI is InChI=1S/C13H15ClN2O2/c1-9-2-3-10(14)8-12(9)13(17)16-6-4-11(15-18)5-7-16/h2-3,8,18H,4-7H2,1H3. The summed E-state index contributed by atoms with van der Waals surface area (Å²) in [4.78, 5) is 14.1. The predicted octanol–water partition coefficient (Wildman–Crippen LogP) is 2.71. The summed E-state index contributed by atoms with van der Waals surface area (Å²) in [6.45, 7) is 3.07. The second-order valence-electron chi connectivity index (χ2n) is 4.42. The number of likely N-dealkylation sites (tertiary alicyclic amines) is 1. The lowest BCUT2D eigenvalue weighted by molar-refractivity contribution is 0.0753. The third-order valence-electron chi connectivity index (χ3n) is 3.20. The van der Waals surface area contributed by atoms with Crippen molar-refractivity contribution >= 4 is 23.2 Å². The van der Waals surface area contributed by atoms with Crippen LogP contribution < -0.4 is 0 Å². The molecule has 0 aliphatic carbocycles. The highest BCUT2D eigenvalue weighted by Crippen LogP contribution is 2.19. The molecule has 0 saturated carbocycles. The molecule has 2 rings (SSSR count). The molecule has 0 aromatic heterocycles. The number of carbonyl (C=O) groups is 1. The van der Waals surface area contributed by atoms with E-state index >= 15 is 0 Å². The van der Waals surface area contributed by atoms with E-state index in [0.717, 1.165) is 11.3 Å². The molecule has 1 heterocycles. The van der Waals surface area contributed by atoms with Crippen molar-refractivity contribution in [3.8, 4) is 0 Å². The number of benzene rings is 1. The zero-order valence-electron chi connectivity index (χ0n) is 10.2. The van der Waals surface area contributed by atoms with Gasteiger partial charge in [0.1, 0.15) is 0 Å². The van der Waals surface area contributed by atoms with Crippen LogP contribution in [0.4, 0.5) is 0 Å². The zero-order chi connectivity index (χ0) is 13.1. The van der Waals surface area contributed by atoms with E-state index in [0.29, 0.717) is 36.5 Å². The maximum Gasteiger partial charge on any atom is 0.254 e. The van der Waals surface area contributed by atoms with Gasteiger partial charge >= 0.3 is 0 Å². The first kappa shape index (κ1) is 12.9. The van der Waals surface area contributed by atoms with E-state index in [2.05, 4.69) is 5.16 Å². The lowest BCUT2D eigenvalue weighted by Crippen LogP contribution is -2.39. The third kappa shape index (κ3) is 2.64. The lowest BCUT2D eigenvalue weighted by atomic mass is 10.0. The van der Waals surface area contributed by atoms with Crippen LogP contribution in [0.3, 0.4) is 0 Å². The molecular formula is C13H15ClN2O2. The molecule has 1 aromatic carbocycles.